The molecular weight excluding hydrogens is 244 g/mol. The van der Waals surface area contributed by atoms with E-state index in [1.807, 2.05) is 37.4 Å². The lowest BCUT2D eigenvalue weighted by Gasteiger charge is -2.25. The van der Waals surface area contributed by atoms with Crippen molar-refractivity contribution in [3.05, 3.63) is 35.4 Å². The van der Waals surface area contributed by atoms with Gasteiger partial charge in [-0.25, -0.2) is 0 Å². The summed E-state index contributed by atoms with van der Waals surface area (Å²) < 4.78 is 0. The molecule has 18 heavy (non-hydrogen) atoms. The predicted molar refractivity (Wildman–Crippen MR) is 76.6 cm³/mol. The lowest BCUT2D eigenvalue weighted by Crippen LogP contribution is -2.40. The van der Waals surface area contributed by atoms with Crippen LogP contribution in [-0.4, -0.2) is 29.3 Å². The van der Waals surface area contributed by atoms with E-state index in [2.05, 4.69) is 18.3 Å². The zero-order valence-corrected chi connectivity index (χ0v) is 11.9. The number of nitrogens with zero attached hydrogens (tertiary/aromatic N) is 1. The van der Waals surface area contributed by atoms with E-state index in [1.165, 1.54) is 0 Å². The summed E-state index contributed by atoms with van der Waals surface area (Å²) in [5, 5.41) is 22.1. The fourth-order valence-corrected chi connectivity index (χ4v) is 2.42. The zero-order chi connectivity index (χ0) is 13.6. The second kappa shape index (κ2) is 6.79. The van der Waals surface area contributed by atoms with Crippen LogP contribution in [0, 0.1) is 11.3 Å². The Balaban J connectivity index is 2.55. The maximum Gasteiger partial charge on any atom is 0.0991 e. The quantitative estimate of drug-likeness (QED) is 0.828. The minimum absolute atomic E-state index is 0.158. The average molecular weight is 264 g/mol. The summed E-state index contributed by atoms with van der Waals surface area (Å²) >= 11 is 1.63. The third-order valence-electron chi connectivity index (χ3n) is 2.78. The molecule has 0 fully saturated rings. The molecule has 2 N–H and O–H groups in total. The second-order valence-corrected chi connectivity index (χ2v) is 5.63. The van der Waals surface area contributed by atoms with Gasteiger partial charge in [0.25, 0.3) is 0 Å². The van der Waals surface area contributed by atoms with Crippen molar-refractivity contribution in [2.24, 2.45) is 0 Å². The van der Waals surface area contributed by atoms with Crippen molar-refractivity contribution in [2.75, 3.05) is 18.6 Å². The number of hydrogen-bond acceptors (Lipinski definition) is 4. The molecule has 2 atom stereocenters. The molecule has 1 aromatic carbocycles. The molecule has 0 spiro atoms. The molecule has 0 radical (unpaired) electrons. The lowest BCUT2D eigenvalue weighted by molar-refractivity contribution is 0.0821. The van der Waals surface area contributed by atoms with E-state index in [-0.39, 0.29) is 6.04 Å². The topological polar surface area (TPSA) is 56.0 Å². The van der Waals surface area contributed by atoms with Crippen LogP contribution in [0.3, 0.4) is 0 Å². The molecule has 1 rings (SSSR count). The molecule has 0 bridgehead atoms. The van der Waals surface area contributed by atoms with E-state index in [0.717, 1.165) is 5.56 Å². The van der Waals surface area contributed by atoms with Gasteiger partial charge < -0.3 is 10.4 Å². The highest BCUT2D eigenvalue weighted by molar-refractivity contribution is 7.98. The van der Waals surface area contributed by atoms with Crippen molar-refractivity contribution in [3.63, 3.8) is 0 Å². The fourth-order valence-electron chi connectivity index (χ4n) is 1.70. The highest BCUT2D eigenvalue weighted by Crippen LogP contribution is 2.15. The van der Waals surface area contributed by atoms with Gasteiger partial charge >= 0.3 is 0 Å². The van der Waals surface area contributed by atoms with Gasteiger partial charge in [-0.1, -0.05) is 12.1 Å². The van der Waals surface area contributed by atoms with E-state index in [1.54, 1.807) is 11.8 Å². The first-order chi connectivity index (χ1) is 8.48. The van der Waals surface area contributed by atoms with Gasteiger partial charge in [0, 0.05) is 18.3 Å². The van der Waals surface area contributed by atoms with Gasteiger partial charge in [0.1, 0.15) is 0 Å². The Morgan fingerprint density at radius 3 is 2.56 bits per heavy atom. The molecule has 0 aliphatic rings. The van der Waals surface area contributed by atoms with Gasteiger partial charge in [-0.05, 0) is 37.8 Å². The fraction of sp³-hybridized carbons (Fsp3) is 0.500. The lowest BCUT2D eigenvalue weighted by atomic mass is 10.0. The number of benzene rings is 1. The first-order valence-corrected chi connectivity index (χ1v) is 7.32. The largest absolute Gasteiger partial charge is 0.388 e. The molecule has 98 valence electrons. The van der Waals surface area contributed by atoms with E-state index in [9.17, 15) is 5.11 Å². The second-order valence-electron chi connectivity index (χ2n) is 4.77. The van der Waals surface area contributed by atoms with Gasteiger partial charge in [-0.2, -0.15) is 17.0 Å². The summed E-state index contributed by atoms with van der Waals surface area (Å²) in [5.41, 5.74) is 1.09. The van der Waals surface area contributed by atoms with Crippen molar-refractivity contribution < 1.29 is 5.11 Å². The van der Waals surface area contributed by atoms with Crippen LogP contribution in [0.15, 0.2) is 24.3 Å². The van der Waals surface area contributed by atoms with Gasteiger partial charge in [-0.3, -0.25) is 0 Å². The Morgan fingerprint density at radius 1 is 1.44 bits per heavy atom. The molecule has 0 aromatic heterocycles. The van der Waals surface area contributed by atoms with Crippen molar-refractivity contribution in [3.8, 4) is 6.07 Å². The summed E-state index contributed by atoms with van der Waals surface area (Å²) in [4.78, 5) is 0. The van der Waals surface area contributed by atoms with Crippen LogP contribution < -0.4 is 5.32 Å². The normalized spacial score (nSPS) is 15.7. The maximum atomic E-state index is 10.1. The average Bonchev–Trinajstić information content (AvgIpc) is 2.36. The monoisotopic (exact) mass is 264 g/mol. The van der Waals surface area contributed by atoms with E-state index in [0.29, 0.717) is 17.9 Å². The minimum atomic E-state index is -0.694. The summed E-state index contributed by atoms with van der Waals surface area (Å²) in [7, 11) is 0. The van der Waals surface area contributed by atoms with Crippen LogP contribution in [0.5, 0.6) is 0 Å². The molecule has 1 aromatic rings. The van der Waals surface area contributed by atoms with E-state index < -0.39 is 5.60 Å². The minimum Gasteiger partial charge on any atom is -0.388 e. The van der Waals surface area contributed by atoms with Crippen LogP contribution >= 0.6 is 11.8 Å². The number of aliphatic hydroxyl groups is 1. The molecule has 0 heterocycles. The standard InChI is InChI=1S/C14H20N2OS/c1-11(16-9-14(2,17)10-18-3)13-6-4-12(8-15)5-7-13/h4-7,11,16-17H,9-10H2,1-3H3. The molecular formula is C14H20N2OS. The first-order valence-electron chi connectivity index (χ1n) is 5.93. The van der Waals surface area contributed by atoms with E-state index in [4.69, 9.17) is 5.26 Å². The molecule has 2 unspecified atom stereocenters. The van der Waals surface area contributed by atoms with E-state index >= 15 is 0 Å². The summed E-state index contributed by atoms with van der Waals surface area (Å²) in [6.07, 6.45) is 1.98. The zero-order valence-electron chi connectivity index (χ0n) is 11.1. The molecule has 0 saturated carbocycles. The van der Waals surface area contributed by atoms with Crippen molar-refractivity contribution in [2.45, 2.75) is 25.5 Å². The Morgan fingerprint density at radius 2 is 2.06 bits per heavy atom. The Labute approximate surface area is 113 Å². The Hall–Kier alpha value is -1.02. The summed E-state index contributed by atoms with van der Waals surface area (Å²) in [6, 6.07) is 9.78. The molecule has 0 amide bonds. The number of nitriles is 1. The van der Waals surface area contributed by atoms with Crippen LogP contribution in [-0.2, 0) is 0 Å². The third-order valence-corrected chi connectivity index (χ3v) is 3.69. The molecule has 3 nitrogen and oxygen atoms in total. The summed E-state index contributed by atoms with van der Waals surface area (Å²) in [6.45, 7) is 4.44. The highest BCUT2D eigenvalue weighted by Gasteiger charge is 2.20. The maximum absolute atomic E-state index is 10.1. The number of thioether (sulfide) groups is 1. The summed E-state index contributed by atoms with van der Waals surface area (Å²) in [5.74, 6) is 0.708. The Kier molecular flexibility index (Phi) is 5.67. The van der Waals surface area contributed by atoms with Crippen molar-refractivity contribution >= 4 is 11.8 Å². The van der Waals surface area contributed by atoms with Crippen LogP contribution in [0.25, 0.3) is 0 Å². The molecule has 0 aliphatic carbocycles. The van der Waals surface area contributed by atoms with Crippen molar-refractivity contribution in [1.82, 2.24) is 5.32 Å². The number of hydrogen-bond donors (Lipinski definition) is 2. The van der Waals surface area contributed by atoms with Crippen LogP contribution in [0.4, 0.5) is 0 Å². The smallest absolute Gasteiger partial charge is 0.0991 e. The SMILES string of the molecule is CSCC(C)(O)CNC(C)c1ccc(C#N)cc1. The van der Waals surface area contributed by atoms with Gasteiger partial charge in [0.15, 0.2) is 0 Å². The molecule has 0 aliphatic heterocycles. The number of nitrogens with one attached hydrogen (secondary N) is 1. The van der Waals surface area contributed by atoms with Crippen molar-refractivity contribution in [1.29, 1.82) is 5.26 Å². The highest BCUT2D eigenvalue weighted by atomic mass is 32.2. The first kappa shape index (κ1) is 15.0. The number of rotatable bonds is 6. The van der Waals surface area contributed by atoms with Crippen LogP contribution in [0.1, 0.15) is 31.0 Å². The molecule has 4 heteroatoms. The third kappa shape index (κ3) is 4.69. The predicted octanol–water partition coefficient (Wildman–Crippen LogP) is 2.32. The van der Waals surface area contributed by atoms with Gasteiger partial charge in [-0.15, -0.1) is 0 Å². The van der Waals surface area contributed by atoms with Gasteiger partial charge in [0.05, 0.1) is 17.2 Å². The molecule has 0 saturated heterocycles. The Bertz CT molecular complexity index is 409. The van der Waals surface area contributed by atoms with Gasteiger partial charge in [0.2, 0.25) is 0 Å². The van der Waals surface area contributed by atoms with Crippen LogP contribution in [0.2, 0.25) is 0 Å².